The molecule has 1 N–H and O–H groups in total. The minimum atomic E-state index is 0.611. The Kier molecular flexibility index (Phi) is 6.96. The predicted molar refractivity (Wildman–Crippen MR) is 77.6 cm³/mol. The first-order chi connectivity index (χ1) is 8.63. The maximum atomic E-state index is 10.2. The third-order valence-corrected chi connectivity index (χ3v) is 3.52. The van der Waals surface area contributed by atoms with Crippen molar-refractivity contribution in [2.45, 2.75) is 46.5 Å². The van der Waals surface area contributed by atoms with Crippen molar-refractivity contribution in [2.75, 3.05) is 13.1 Å². The highest BCUT2D eigenvalue weighted by Crippen LogP contribution is 2.27. The Labute approximate surface area is 112 Å². The van der Waals surface area contributed by atoms with Gasteiger partial charge in [0.2, 0.25) is 0 Å². The highest BCUT2D eigenvalue weighted by molar-refractivity contribution is 5.49. The number of hydrogen-bond donors (Lipinski definition) is 1. The maximum absolute atomic E-state index is 10.2. The molecule has 0 amide bonds. The second-order valence-electron chi connectivity index (χ2n) is 5.73. The molecule has 0 aromatic carbocycles. The van der Waals surface area contributed by atoms with Crippen molar-refractivity contribution in [3.05, 3.63) is 23.3 Å². The lowest BCUT2D eigenvalue weighted by Gasteiger charge is -2.21. The van der Waals surface area contributed by atoms with Crippen LogP contribution in [-0.2, 0) is 4.79 Å². The molecular formula is C16H27NO. The molecule has 0 aromatic heterocycles. The van der Waals surface area contributed by atoms with E-state index in [2.05, 4.69) is 38.2 Å². The molecule has 1 aliphatic rings. The lowest BCUT2D eigenvalue weighted by Crippen LogP contribution is -2.19. The van der Waals surface area contributed by atoms with Gasteiger partial charge < -0.3 is 10.1 Å². The number of nitrogens with one attached hydrogen (secondary N) is 1. The van der Waals surface area contributed by atoms with Crippen molar-refractivity contribution in [1.29, 1.82) is 0 Å². The van der Waals surface area contributed by atoms with Crippen LogP contribution in [0.15, 0.2) is 23.3 Å². The number of rotatable bonds is 8. The number of carbonyl (C=O) groups is 1. The van der Waals surface area contributed by atoms with Gasteiger partial charge in [-0.15, -0.1) is 0 Å². The largest absolute Gasteiger partial charge is 0.313 e. The molecule has 0 saturated carbocycles. The van der Waals surface area contributed by atoms with E-state index in [0.29, 0.717) is 12.3 Å². The van der Waals surface area contributed by atoms with Crippen LogP contribution in [0.1, 0.15) is 46.5 Å². The normalized spacial score (nSPS) is 17.3. The van der Waals surface area contributed by atoms with Crippen LogP contribution in [0.5, 0.6) is 0 Å². The highest BCUT2D eigenvalue weighted by Gasteiger charge is 2.13. The van der Waals surface area contributed by atoms with Crippen LogP contribution in [0.25, 0.3) is 0 Å². The highest BCUT2D eigenvalue weighted by atomic mass is 16.1. The molecule has 0 bridgehead atoms. The van der Waals surface area contributed by atoms with Crippen LogP contribution >= 0.6 is 0 Å². The number of hydrogen-bond acceptors (Lipinski definition) is 2. The van der Waals surface area contributed by atoms with E-state index in [9.17, 15) is 4.79 Å². The van der Waals surface area contributed by atoms with E-state index in [1.165, 1.54) is 24.8 Å². The second kappa shape index (κ2) is 8.25. The monoisotopic (exact) mass is 249 g/mol. The predicted octanol–water partition coefficient (Wildman–Crippen LogP) is 3.49. The minimum absolute atomic E-state index is 0.611. The summed E-state index contributed by atoms with van der Waals surface area (Å²) in [6, 6.07) is 0. The first kappa shape index (κ1) is 15.2. The Morgan fingerprint density at radius 3 is 2.61 bits per heavy atom. The summed E-state index contributed by atoms with van der Waals surface area (Å²) in [4.78, 5) is 10.2. The topological polar surface area (TPSA) is 29.1 Å². The molecule has 1 atom stereocenters. The Bertz CT molecular complexity index is 315. The molecule has 1 aliphatic carbocycles. The van der Waals surface area contributed by atoms with Gasteiger partial charge in [-0.2, -0.15) is 0 Å². The van der Waals surface area contributed by atoms with Gasteiger partial charge in [0.05, 0.1) is 0 Å². The summed E-state index contributed by atoms with van der Waals surface area (Å²) in [5.41, 5.74) is 3.06. The molecule has 102 valence electrons. The lowest BCUT2D eigenvalue weighted by molar-refractivity contribution is -0.107. The third-order valence-electron chi connectivity index (χ3n) is 3.52. The van der Waals surface area contributed by atoms with Crippen LogP contribution in [0.4, 0.5) is 0 Å². The average Bonchev–Trinajstić information content (AvgIpc) is 2.34. The van der Waals surface area contributed by atoms with Crippen molar-refractivity contribution in [1.82, 2.24) is 5.32 Å². The van der Waals surface area contributed by atoms with Crippen LogP contribution < -0.4 is 5.32 Å². The Balaban J connectivity index is 2.36. The van der Waals surface area contributed by atoms with Crippen molar-refractivity contribution in [3.8, 4) is 0 Å². The molecule has 1 unspecified atom stereocenters. The first-order valence-electron chi connectivity index (χ1n) is 7.16. The average molecular weight is 249 g/mol. The molecule has 18 heavy (non-hydrogen) atoms. The summed E-state index contributed by atoms with van der Waals surface area (Å²) in [6.45, 7) is 8.64. The molecule has 1 rings (SSSR count). The molecule has 0 aromatic rings. The molecule has 0 aliphatic heterocycles. The van der Waals surface area contributed by atoms with Crippen LogP contribution in [0.2, 0.25) is 0 Å². The summed E-state index contributed by atoms with van der Waals surface area (Å²) in [5.74, 6) is 1.49. The van der Waals surface area contributed by atoms with Crippen LogP contribution in [0.3, 0.4) is 0 Å². The van der Waals surface area contributed by atoms with E-state index in [-0.39, 0.29) is 0 Å². The zero-order chi connectivity index (χ0) is 13.4. The summed E-state index contributed by atoms with van der Waals surface area (Å²) in [6.07, 6.45) is 9.81. The number of carbonyl (C=O) groups excluding carboxylic acids is 1. The number of aldehydes is 1. The molecule has 0 radical (unpaired) electrons. The Morgan fingerprint density at radius 1 is 1.28 bits per heavy atom. The van der Waals surface area contributed by atoms with Crippen LogP contribution in [0, 0.1) is 11.8 Å². The first-order valence-corrected chi connectivity index (χ1v) is 7.16. The fourth-order valence-corrected chi connectivity index (χ4v) is 2.52. The van der Waals surface area contributed by atoms with Crippen molar-refractivity contribution in [3.63, 3.8) is 0 Å². The molecule has 0 fully saturated rings. The number of allylic oxidation sites excluding steroid dienone is 3. The Hall–Kier alpha value is -0.890. The zero-order valence-corrected chi connectivity index (χ0v) is 12.0. The molecular weight excluding hydrogens is 222 g/mol. The molecule has 0 saturated heterocycles. The fraction of sp³-hybridized carbons (Fsp3) is 0.688. The second-order valence-corrected chi connectivity index (χ2v) is 5.73. The van der Waals surface area contributed by atoms with Gasteiger partial charge in [-0.3, -0.25) is 0 Å². The summed E-state index contributed by atoms with van der Waals surface area (Å²) in [7, 11) is 0. The smallest absolute Gasteiger partial charge is 0.121 e. The SMILES string of the molecule is CC(C)CC(C)C1=CC=C(CNCCC=O)CC1. The van der Waals surface area contributed by atoms with E-state index in [0.717, 1.165) is 25.3 Å². The van der Waals surface area contributed by atoms with E-state index < -0.39 is 0 Å². The molecule has 0 spiro atoms. The van der Waals surface area contributed by atoms with Crippen molar-refractivity contribution < 1.29 is 4.79 Å². The van der Waals surface area contributed by atoms with Gasteiger partial charge in [0.15, 0.2) is 0 Å². The van der Waals surface area contributed by atoms with E-state index in [4.69, 9.17) is 0 Å². The van der Waals surface area contributed by atoms with Crippen molar-refractivity contribution >= 4 is 6.29 Å². The molecule has 2 heteroatoms. The standard InChI is InChI=1S/C16H27NO/c1-13(2)11-14(3)16-7-5-15(6-8-16)12-17-9-4-10-18/h5,7,10,13-14,17H,4,6,8-9,11-12H2,1-3H3. The van der Waals surface area contributed by atoms with Gasteiger partial charge in [-0.25, -0.2) is 0 Å². The van der Waals surface area contributed by atoms with Gasteiger partial charge in [-0.05, 0) is 31.1 Å². The summed E-state index contributed by atoms with van der Waals surface area (Å²) >= 11 is 0. The fourth-order valence-electron chi connectivity index (χ4n) is 2.52. The lowest BCUT2D eigenvalue weighted by atomic mass is 9.85. The van der Waals surface area contributed by atoms with Gasteiger partial charge in [0.25, 0.3) is 0 Å². The van der Waals surface area contributed by atoms with Gasteiger partial charge in [0, 0.05) is 19.5 Å². The van der Waals surface area contributed by atoms with Gasteiger partial charge in [0.1, 0.15) is 6.29 Å². The molecule has 0 heterocycles. The van der Waals surface area contributed by atoms with Gasteiger partial charge in [-0.1, -0.05) is 44.1 Å². The summed E-state index contributed by atoms with van der Waals surface area (Å²) < 4.78 is 0. The summed E-state index contributed by atoms with van der Waals surface area (Å²) in [5, 5.41) is 3.30. The maximum Gasteiger partial charge on any atom is 0.121 e. The van der Waals surface area contributed by atoms with E-state index in [1.807, 2.05) is 0 Å². The Morgan fingerprint density at radius 2 is 2.06 bits per heavy atom. The van der Waals surface area contributed by atoms with E-state index >= 15 is 0 Å². The van der Waals surface area contributed by atoms with Gasteiger partial charge >= 0.3 is 0 Å². The zero-order valence-electron chi connectivity index (χ0n) is 12.0. The molecule has 2 nitrogen and oxygen atoms in total. The van der Waals surface area contributed by atoms with E-state index in [1.54, 1.807) is 5.57 Å². The van der Waals surface area contributed by atoms with Crippen molar-refractivity contribution in [2.24, 2.45) is 11.8 Å². The van der Waals surface area contributed by atoms with Crippen LogP contribution in [-0.4, -0.2) is 19.4 Å². The third kappa shape index (κ3) is 5.63. The quantitative estimate of drug-likeness (QED) is 0.527. The minimum Gasteiger partial charge on any atom is -0.313 e.